The van der Waals surface area contributed by atoms with Crippen LogP contribution in [0.5, 0.6) is 0 Å². The van der Waals surface area contributed by atoms with Crippen LogP contribution in [-0.2, 0) is 0 Å². The van der Waals surface area contributed by atoms with Gasteiger partial charge in [-0.05, 0) is 12.1 Å². The molecule has 1 N–H and O–H groups in total. The molecule has 0 atom stereocenters. The zero-order valence-electron chi connectivity index (χ0n) is 6.82. The van der Waals surface area contributed by atoms with Crippen LogP contribution in [0.4, 0.5) is 10.1 Å². The molecule has 3 nitrogen and oxygen atoms in total. The molecule has 14 heavy (non-hydrogen) atoms. The summed E-state index contributed by atoms with van der Waals surface area (Å²) in [6.07, 6.45) is 1.54. The summed E-state index contributed by atoms with van der Waals surface area (Å²) in [6, 6.07) is 5.72. The Bertz CT molecular complexity index is 483. The number of hydrogen-bond donors (Lipinski definition) is 1. The summed E-state index contributed by atoms with van der Waals surface area (Å²) in [5.41, 5.74) is 0. The lowest BCUT2D eigenvalue weighted by Gasteiger charge is -1.94. The number of halogens is 1. The molecule has 0 radical (unpaired) electrons. The Morgan fingerprint density at radius 2 is 2.29 bits per heavy atom. The van der Waals surface area contributed by atoms with Crippen molar-refractivity contribution in [3.63, 3.8) is 0 Å². The first-order valence-corrected chi connectivity index (χ1v) is 5.67. The van der Waals surface area contributed by atoms with Gasteiger partial charge in [0.1, 0.15) is 10.9 Å². The summed E-state index contributed by atoms with van der Waals surface area (Å²) >= 11 is 8.52. The standard InChI is InChI=1S/C8H4ClN3S2/c9-6-1-2-7(14-6)12-8-11-4-5(3-10)13-8/h1-2,4H,(H,11,12). The fourth-order valence-corrected chi connectivity index (χ4v) is 2.50. The minimum absolute atomic E-state index is 0.593. The van der Waals surface area contributed by atoms with Gasteiger partial charge in [0.25, 0.3) is 0 Å². The van der Waals surface area contributed by atoms with Crippen LogP contribution in [0, 0.1) is 11.3 Å². The molecule has 0 saturated heterocycles. The van der Waals surface area contributed by atoms with Crippen LogP contribution in [0.25, 0.3) is 0 Å². The molecular weight excluding hydrogens is 238 g/mol. The van der Waals surface area contributed by atoms with E-state index in [1.54, 1.807) is 6.20 Å². The molecule has 0 unspecified atom stereocenters. The molecule has 0 bridgehead atoms. The van der Waals surface area contributed by atoms with Crippen molar-refractivity contribution in [2.24, 2.45) is 0 Å². The van der Waals surface area contributed by atoms with Crippen LogP contribution >= 0.6 is 34.3 Å². The Morgan fingerprint density at radius 1 is 1.43 bits per heavy atom. The maximum absolute atomic E-state index is 8.60. The van der Waals surface area contributed by atoms with Crippen molar-refractivity contribution >= 4 is 44.4 Å². The van der Waals surface area contributed by atoms with Gasteiger partial charge in [0.15, 0.2) is 5.13 Å². The number of thiazole rings is 1. The largest absolute Gasteiger partial charge is 0.323 e. The van der Waals surface area contributed by atoms with Gasteiger partial charge in [-0.25, -0.2) is 4.98 Å². The molecule has 0 fully saturated rings. The maximum atomic E-state index is 8.60. The van der Waals surface area contributed by atoms with E-state index in [2.05, 4.69) is 10.3 Å². The second-order valence-electron chi connectivity index (χ2n) is 2.37. The van der Waals surface area contributed by atoms with E-state index < -0.39 is 0 Å². The summed E-state index contributed by atoms with van der Waals surface area (Å²) in [6.45, 7) is 0. The summed E-state index contributed by atoms with van der Waals surface area (Å²) in [5.74, 6) is 0. The van der Waals surface area contributed by atoms with Crippen molar-refractivity contribution in [1.29, 1.82) is 5.26 Å². The first kappa shape index (κ1) is 9.46. The number of hydrogen-bond acceptors (Lipinski definition) is 5. The van der Waals surface area contributed by atoms with Gasteiger partial charge in [-0.3, -0.25) is 0 Å². The van der Waals surface area contributed by atoms with E-state index in [1.807, 2.05) is 18.2 Å². The zero-order chi connectivity index (χ0) is 9.97. The van der Waals surface area contributed by atoms with E-state index in [9.17, 15) is 0 Å². The summed E-state index contributed by atoms with van der Waals surface area (Å²) < 4.78 is 0.726. The Balaban J connectivity index is 2.15. The van der Waals surface area contributed by atoms with Crippen molar-refractivity contribution in [2.45, 2.75) is 0 Å². The van der Waals surface area contributed by atoms with E-state index in [4.69, 9.17) is 16.9 Å². The molecule has 0 aromatic carbocycles. The van der Waals surface area contributed by atoms with E-state index in [1.165, 1.54) is 22.7 Å². The third-order valence-corrected chi connectivity index (χ3v) is 3.38. The molecule has 2 rings (SSSR count). The Hall–Kier alpha value is -1.09. The molecule has 0 spiro atoms. The Labute approximate surface area is 93.6 Å². The van der Waals surface area contributed by atoms with Gasteiger partial charge < -0.3 is 5.32 Å². The molecule has 0 amide bonds. The highest BCUT2D eigenvalue weighted by Crippen LogP contribution is 2.30. The second-order valence-corrected chi connectivity index (χ2v) is 5.12. The molecule has 0 aliphatic rings. The quantitative estimate of drug-likeness (QED) is 0.876. The highest BCUT2D eigenvalue weighted by Gasteiger charge is 2.02. The van der Waals surface area contributed by atoms with Gasteiger partial charge in [-0.1, -0.05) is 22.9 Å². The van der Waals surface area contributed by atoms with Crippen molar-refractivity contribution in [3.8, 4) is 6.07 Å². The predicted molar refractivity (Wildman–Crippen MR) is 59.4 cm³/mol. The number of thiophene rings is 1. The van der Waals surface area contributed by atoms with E-state index in [0.29, 0.717) is 10.0 Å². The highest BCUT2D eigenvalue weighted by molar-refractivity contribution is 7.20. The minimum atomic E-state index is 0.593. The molecule has 6 heteroatoms. The summed E-state index contributed by atoms with van der Waals surface area (Å²) in [4.78, 5) is 4.63. The number of nitrogens with one attached hydrogen (secondary N) is 1. The van der Waals surface area contributed by atoms with Crippen LogP contribution in [0.2, 0.25) is 4.34 Å². The third-order valence-electron chi connectivity index (χ3n) is 1.42. The SMILES string of the molecule is N#Cc1cnc(Nc2ccc(Cl)s2)s1. The maximum Gasteiger partial charge on any atom is 0.188 e. The van der Waals surface area contributed by atoms with Gasteiger partial charge in [0, 0.05) is 0 Å². The molecular formula is C8H4ClN3S2. The molecule has 2 heterocycles. The van der Waals surface area contributed by atoms with Gasteiger partial charge >= 0.3 is 0 Å². The lowest BCUT2D eigenvalue weighted by atomic mass is 10.6. The fraction of sp³-hybridized carbons (Fsp3) is 0. The topological polar surface area (TPSA) is 48.7 Å². The minimum Gasteiger partial charge on any atom is -0.323 e. The molecule has 70 valence electrons. The van der Waals surface area contributed by atoms with Crippen molar-refractivity contribution < 1.29 is 0 Å². The van der Waals surface area contributed by atoms with Crippen LogP contribution in [-0.4, -0.2) is 4.98 Å². The van der Waals surface area contributed by atoms with Gasteiger partial charge in [0.05, 0.1) is 15.5 Å². The van der Waals surface area contributed by atoms with Crippen molar-refractivity contribution in [3.05, 3.63) is 27.5 Å². The third kappa shape index (κ3) is 2.04. The average molecular weight is 242 g/mol. The second kappa shape index (κ2) is 3.96. The number of nitrogens with zero attached hydrogens (tertiary/aromatic N) is 2. The van der Waals surface area contributed by atoms with Gasteiger partial charge in [0.2, 0.25) is 0 Å². The van der Waals surface area contributed by atoms with Crippen LogP contribution < -0.4 is 5.32 Å². The average Bonchev–Trinajstić information content (AvgIpc) is 2.76. The first-order chi connectivity index (χ1) is 6.78. The number of aromatic nitrogens is 1. The lowest BCUT2D eigenvalue weighted by molar-refractivity contribution is 1.39. The smallest absolute Gasteiger partial charge is 0.188 e. The van der Waals surface area contributed by atoms with Gasteiger partial charge in [-0.15, -0.1) is 11.3 Å². The van der Waals surface area contributed by atoms with E-state index in [0.717, 1.165) is 9.34 Å². The lowest BCUT2D eigenvalue weighted by Crippen LogP contribution is -1.83. The number of rotatable bonds is 2. The zero-order valence-corrected chi connectivity index (χ0v) is 9.21. The normalized spacial score (nSPS) is 9.71. The van der Waals surface area contributed by atoms with Gasteiger partial charge in [-0.2, -0.15) is 5.26 Å². The molecule has 0 aliphatic heterocycles. The molecule has 0 aliphatic carbocycles. The summed E-state index contributed by atoms with van der Waals surface area (Å²) in [7, 11) is 0. The van der Waals surface area contributed by atoms with Crippen LogP contribution in [0.15, 0.2) is 18.3 Å². The first-order valence-electron chi connectivity index (χ1n) is 3.66. The van der Waals surface area contributed by atoms with Crippen molar-refractivity contribution in [1.82, 2.24) is 4.98 Å². The number of nitriles is 1. The highest BCUT2D eigenvalue weighted by atomic mass is 35.5. The molecule has 0 saturated carbocycles. The number of anilines is 2. The molecule has 2 aromatic heterocycles. The van der Waals surface area contributed by atoms with E-state index in [-0.39, 0.29) is 0 Å². The van der Waals surface area contributed by atoms with Crippen LogP contribution in [0.1, 0.15) is 4.88 Å². The van der Waals surface area contributed by atoms with Crippen LogP contribution in [0.3, 0.4) is 0 Å². The Morgan fingerprint density at radius 3 is 2.86 bits per heavy atom. The summed E-state index contributed by atoms with van der Waals surface area (Å²) in [5, 5.41) is 13.3. The molecule has 2 aromatic rings. The van der Waals surface area contributed by atoms with Crippen molar-refractivity contribution in [2.75, 3.05) is 5.32 Å². The fourth-order valence-electron chi connectivity index (χ4n) is 0.870. The monoisotopic (exact) mass is 241 g/mol. The Kier molecular flexibility index (Phi) is 2.68. The predicted octanol–water partition coefficient (Wildman–Crippen LogP) is 3.47. The van der Waals surface area contributed by atoms with E-state index >= 15 is 0 Å².